The van der Waals surface area contributed by atoms with Crippen LogP contribution in [-0.4, -0.2) is 32.4 Å². The van der Waals surface area contributed by atoms with E-state index in [0.29, 0.717) is 17.0 Å². The number of aliphatic imine (C=N–C) groups is 1. The maximum absolute atomic E-state index is 12.5. The number of carbonyl (C=O) groups is 1. The van der Waals surface area contributed by atoms with Gasteiger partial charge in [-0.05, 0) is 49.8 Å². The highest BCUT2D eigenvalue weighted by atomic mass is 32.2. The molecule has 6 heteroatoms. The van der Waals surface area contributed by atoms with Crippen molar-refractivity contribution in [3.8, 4) is 5.75 Å². The summed E-state index contributed by atoms with van der Waals surface area (Å²) in [5.41, 5.74) is 1.01. The summed E-state index contributed by atoms with van der Waals surface area (Å²) in [6.07, 6.45) is 1.62. The van der Waals surface area contributed by atoms with Crippen molar-refractivity contribution in [3.63, 3.8) is 0 Å². The third kappa shape index (κ3) is 2.51. The lowest BCUT2D eigenvalue weighted by molar-refractivity contribution is -0.116. The Labute approximate surface area is 117 Å². The van der Waals surface area contributed by atoms with Crippen LogP contribution in [0.5, 0.6) is 5.75 Å². The van der Waals surface area contributed by atoms with Crippen molar-refractivity contribution in [1.82, 2.24) is 0 Å². The second-order valence-corrected chi connectivity index (χ2v) is 6.61. The van der Waals surface area contributed by atoms with Crippen LogP contribution in [0.3, 0.4) is 0 Å². The summed E-state index contributed by atoms with van der Waals surface area (Å²) in [5.74, 6) is -0.0848. The third-order valence-electron chi connectivity index (χ3n) is 3.06. The van der Waals surface area contributed by atoms with Crippen LogP contribution in [0.2, 0.25) is 0 Å². The second kappa shape index (κ2) is 5.20. The highest BCUT2D eigenvalue weighted by molar-refractivity contribution is 7.93. The largest absolute Gasteiger partial charge is 0.497 e. The summed E-state index contributed by atoms with van der Waals surface area (Å²) in [5, 5.41) is -1.24. The van der Waals surface area contributed by atoms with Crippen LogP contribution in [0.15, 0.2) is 45.8 Å². The molecule has 0 aliphatic carbocycles. The van der Waals surface area contributed by atoms with Gasteiger partial charge in [0.05, 0.1) is 12.0 Å². The topological polar surface area (TPSA) is 72.8 Å². The molecule has 20 heavy (non-hydrogen) atoms. The normalized spacial score (nSPS) is 19.4. The highest BCUT2D eigenvalue weighted by Crippen LogP contribution is 2.26. The van der Waals surface area contributed by atoms with Gasteiger partial charge in [0.25, 0.3) is 5.91 Å². The number of carbonyl (C=O) groups excluding carboxylic acids is 1. The zero-order valence-corrected chi connectivity index (χ0v) is 12.3. The molecule has 0 N–H and O–H groups in total. The van der Waals surface area contributed by atoms with E-state index in [1.54, 1.807) is 32.1 Å². The number of dihydropyridines is 1. The predicted octanol–water partition coefficient (Wildman–Crippen LogP) is 1.78. The maximum Gasteiger partial charge on any atom is 0.268 e. The van der Waals surface area contributed by atoms with E-state index in [0.717, 1.165) is 0 Å². The third-order valence-corrected chi connectivity index (χ3v) is 5.18. The summed E-state index contributed by atoms with van der Waals surface area (Å²) >= 11 is 0. The Balaban J connectivity index is 2.45. The average Bonchev–Trinajstić information content (AvgIpc) is 2.37. The molecular formula is C14H15NO4S. The van der Waals surface area contributed by atoms with Crippen molar-refractivity contribution in [2.75, 3.05) is 7.11 Å². The molecule has 1 aliphatic rings. The van der Waals surface area contributed by atoms with Crippen LogP contribution in [-0.2, 0) is 14.6 Å². The van der Waals surface area contributed by atoms with E-state index in [1.165, 1.54) is 19.2 Å². The number of nitrogens with zero attached hydrogens (tertiary/aromatic N) is 1. The molecule has 1 unspecified atom stereocenters. The molecule has 0 radical (unpaired) electrons. The number of hydrogen-bond donors (Lipinski definition) is 0. The molecule has 5 nitrogen and oxygen atoms in total. The van der Waals surface area contributed by atoms with Gasteiger partial charge in [0.1, 0.15) is 5.75 Å². The first-order valence-electron chi connectivity index (χ1n) is 6.01. The smallest absolute Gasteiger partial charge is 0.268 e. The van der Waals surface area contributed by atoms with E-state index < -0.39 is 21.0 Å². The number of sulfone groups is 1. The number of hydrogen-bond acceptors (Lipinski definition) is 4. The highest BCUT2D eigenvalue weighted by Gasteiger charge is 2.37. The molecule has 1 atom stereocenters. The predicted molar refractivity (Wildman–Crippen MR) is 75.8 cm³/mol. The van der Waals surface area contributed by atoms with Crippen LogP contribution >= 0.6 is 0 Å². The molecule has 0 bridgehead atoms. The van der Waals surface area contributed by atoms with E-state index >= 15 is 0 Å². The summed E-state index contributed by atoms with van der Waals surface area (Å²) in [7, 11) is -2.29. The number of amides is 1. The molecule has 0 fully saturated rings. The number of rotatable bonds is 3. The minimum atomic E-state index is -3.79. The fourth-order valence-electron chi connectivity index (χ4n) is 2.14. The van der Waals surface area contributed by atoms with Crippen LogP contribution in [0.4, 0.5) is 0 Å². The lowest BCUT2D eigenvalue weighted by atomic mass is 10.1. The quantitative estimate of drug-likeness (QED) is 0.851. The lowest BCUT2D eigenvalue weighted by Crippen LogP contribution is -2.33. The van der Waals surface area contributed by atoms with Crippen LogP contribution in [0, 0.1) is 0 Å². The van der Waals surface area contributed by atoms with Gasteiger partial charge in [-0.1, -0.05) is 0 Å². The molecule has 2 rings (SSSR count). The Morgan fingerprint density at radius 1 is 1.15 bits per heavy atom. The molecule has 1 aromatic carbocycles. The molecule has 0 saturated heterocycles. The molecule has 0 saturated carbocycles. The lowest BCUT2D eigenvalue weighted by Gasteiger charge is -2.19. The molecule has 1 aliphatic heterocycles. The first kappa shape index (κ1) is 14.5. The molecule has 1 heterocycles. The van der Waals surface area contributed by atoms with Crippen LogP contribution < -0.4 is 4.74 Å². The SMILES string of the molecule is COc1ccc(S(=O)(=O)C2C(=O)N=C(C)C=C2C)cc1. The summed E-state index contributed by atoms with van der Waals surface area (Å²) in [6, 6.07) is 5.96. The Morgan fingerprint density at radius 2 is 1.75 bits per heavy atom. The monoisotopic (exact) mass is 293 g/mol. The molecule has 1 amide bonds. The van der Waals surface area contributed by atoms with Crippen molar-refractivity contribution < 1.29 is 17.9 Å². The van der Waals surface area contributed by atoms with Gasteiger partial charge in [0, 0.05) is 5.71 Å². The van der Waals surface area contributed by atoms with E-state index in [4.69, 9.17) is 4.74 Å². The standard InChI is InChI=1S/C14H15NO4S/c1-9-8-10(2)15-14(16)13(9)20(17,18)12-6-4-11(19-3)5-7-12/h4-8,13H,1-3H3. The van der Waals surface area contributed by atoms with E-state index in [1.807, 2.05) is 0 Å². The first-order valence-corrected chi connectivity index (χ1v) is 7.56. The van der Waals surface area contributed by atoms with Gasteiger partial charge in [-0.15, -0.1) is 0 Å². The fraction of sp³-hybridized carbons (Fsp3) is 0.286. The summed E-state index contributed by atoms with van der Waals surface area (Å²) in [4.78, 5) is 15.7. The van der Waals surface area contributed by atoms with Gasteiger partial charge >= 0.3 is 0 Å². The molecule has 106 valence electrons. The first-order chi connectivity index (χ1) is 9.36. The number of methoxy groups -OCH3 is 1. The summed E-state index contributed by atoms with van der Waals surface area (Å²) < 4.78 is 30.1. The van der Waals surface area contributed by atoms with Gasteiger partial charge in [-0.25, -0.2) is 13.4 Å². The Hall–Kier alpha value is -1.95. The molecular weight excluding hydrogens is 278 g/mol. The zero-order chi connectivity index (χ0) is 14.9. The minimum absolute atomic E-state index is 0.0825. The van der Waals surface area contributed by atoms with Crippen molar-refractivity contribution >= 4 is 21.5 Å². The molecule has 1 aromatic rings. The molecule has 0 aromatic heterocycles. The Kier molecular flexibility index (Phi) is 3.76. The van der Waals surface area contributed by atoms with Gasteiger partial charge < -0.3 is 4.74 Å². The zero-order valence-electron chi connectivity index (χ0n) is 11.5. The Bertz CT molecular complexity index is 699. The van der Waals surface area contributed by atoms with Crippen molar-refractivity contribution in [3.05, 3.63) is 35.9 Å². The van der Waals surface area contributed by atoms with Crippen molar-refractivity contribution in [1.29, 1.82) is 0 Å². The number of ether oxygens (including phenoxy) is 1. The van der Waals surface area contributed by atoms with Gasteiger partial charge in [-0.3, -0.25) is 4.79 Å². The van der Waals surface area contributed by atoms with Crippen LogP contribution in [0.1, 0.15) is 13.8 Å². The van der Waals surface area contributed by atoms with E-state index in [2.05, 4.69) is 4.99 Å². The van der Waals surface area contributed by atoms with Gasteiger partial charge in [0.15, 0.2) is 15.1 Å². The van der Waals surface area contributed by atoms with Crippen molar-refractivity contribution in [2.24, 2.45) is 4.99 Å². The average molecular weight is 293 g/mol. The van der Waals surface area contributed by atoms with Crippen LogP contribution in [0.25, 0.3) is 0 Å². The number of allylic oxidation sites excluding steroid dienone is 1. The van der Waals surface area contributed by atoms with Gasteiger partial charge in [-0.2, -0.15) is 0 Å². The Morgan fingerprint density at radius 3 is 2.25 bits per heavy atom. The summed E-state index contributed by atoms with van der Waals surface area (Å²) in [6.45, 7) is 3.29. The number of benzene rings is 1. The van der Waals surface area contributed by atoms with E-state index in [-0.39, 0.29) is 4.90 Å². The van der Waals surface area contributed by atoms with E-state index in [9.17, 15) is 13.2 Å². The fourth-order valence-corrected chi connectivity index (χ4v) is 3.81. The minimum Gasteiger partial charge on any atom is -0.497 e. The molecule has 0 spiro atoms. The van der Waals surface area contributed by atoms with Crippen molar-refractivity contribution in [2.45, 2.75) is 24.0 Å². The second-order valence-electron chi connectivity index (χ2n) is 4.58. The maximum atomic E-state index is 12.5. The van der Waals surface area contributed by atoms with Gasteiger partial charge in [0.2, 0.25) is 0 Å².